The third-order valence-electron chi connectivity index (χ3n) is 4.52. The Balaban J connectivity index is 2.31. The van der Waals surface area contributed by atoms with E-state index < -0.39 is 28.5 Å². The van der Waals surface area contributed by atoms with Crippen molar-refractivity contribution in [3.05, 3.63) is 98.0 Å². The highest BCUT2D eigenvalue weighted by atomic mass is 35.5. The fourth-order valence-electron chi connectivity index (χ4n) is 3.29. The molecule has 1 heterocycles. The zero-order valence-corrected chi connectivity index (χ0v) is 14.9. The molecule has 140 valence electrons. The molecule has 0 unspecified atom stereocenters. The number of nitrogens with zero attached hydrogens (tertiary/aromatic N) is 1. The minimum Gasteiger partial charge on any atom is -0.268 e. The zero-order valence-electron chi connectivity index (χ0n) is 14.1. The normalized spacial score (nSPS) is 11.9. The number of halogens is 4. The van der Waals surface area contributed by atoms with Gasteiger partial charge in [0.25, 0.3) is 11.1 Å². The molecule has 7 heteroatoms. The van der Waals surface area contributed by atoms with Gasteiger partial charge in [-0.3, -0.25) is 9.59 Å². The maximum absolute atomic E-state index is 13.6. The van der Waals surface area contributed by atoms with Gasteiger partial charge in [-0.1, -0.05) is 48.0 Å². The number of aromatic nitrogens is 1. The van der Waals surface area contributed by atoms with Crippen LogP contribution in [0, 0.1) is 0 Å². The van der Waals surface area contributed by atoms with Crippen molar-refractivity contribution in [2.75, 3.05) is 0 Å². The predicted octanol–water partition coefficient (Wildman–Crippen LogP) is 5.18. The van der Waals surface area contributed by atoms with E-state index in [9.17, 15) is 22.8 Å². The van der Waals surface area contributed by atoms with Gasteiger partial charge in [-0.05, 0) is 41.1 Å². The summed E-state index contributed by atoms with van der Waals surface area (Å²) in [7, 11) is 0. The van der Waals surface area contributed by atoms with Gasteiger partial charge in [-0.2, -0.15) is 13.2 Å². The van der Waals surface area contributed by atoms with Crippen molar-refractivity contribution in [2.45, 2.75) is 6.18 Å². The molecule has 1 aromatic heterocycles. The second-order valence-corrected chi connectivity index (χ2v) is 6.63. The maximum atomic E-state index is 13.6. The van der Waals surface area contributed by atoms with Crippen molar-refractivity contribution in [1.29, 1.82) is 0 Å². The molecule has 3 nitrogen and oxygen atoms in total. The smallest absolute Gasteiger partial charge is 0.268 e. The van der Waals surface area contributed by atoms with Gasteiger partial charge < -0.3 is 0 Å². The standard InChI is InChI=1S/C21H11ClF3NO2/c22-12-9-10-18(17(11-12)21(23,24)25)26-19(27)15-7-3-1-5-13(15)14-6-2-4-8-16(14)20(26)28/h1-11H. The summed E-state index contributed by atoms with van der Waals surface area (Å²) in [5.41, 5.74) is -3.37. The minimum atomic E-state index is -4.80. The Labute approximate surface area is 161 Å². The Morgan fingerprint density at radius 1 is 0.714 bits per heavy atom. The quantitative estimate of drug-likeness (QED) is 0.441. The largest absolute Gasteiger partial charge is 0.418 e. The second kappa shape index (κ2) is 6.49. The number of rotatable bonds is 1. The monoisotopic (exact) mass is 401 g/mol. The first-order chi connectivity index (χ1) is 13.3. The fourth-order valence-corrected chi connectivity index (χ4v) is 3.46. The van der Waals surface area contributed by atoms with Crippen molar-refractivity contribution in [3.63, 3.8) is 0 Å². The number of hydrogen-bond donors (Lipinski definition) is 0. The zero-order chi connectivity index (χ0) is 20.1. The van der Waals surface area contributed by atoms with Crippen molar-refractivity contribution >= 4 is 33.1 Å². The van der Waals surface area contributed by atoms with Gasteiger partial charge in [0.2, 0.25) is 0 Å². The minimum absolute atomic E-state index is 0.142. The molecule has 0 bridgehead atoms. The van der Waals surface area contributed by atoms with Crippen molar-refractivity contribution in [1.82, 2.24) is 4.57 Å². The molecular formula is C21H11ClF3NO2. The van der Waals surface area contributed by atoms with Crippen LogP contribution in [0.1, 0.15) is 5.56 Å². The number of alkyl halides is 3. The summed E-state index contributed by atoms with van der Waals surface area (Å²) in [6, 6.07) is 15.9. The van der Waals surface area contributed by atoms with Gasteiger partial charge in [-0.15, -0.1) is 0 Å². The van der Waals surface area contributed by atoms with Crippen LogP contribution in [0.2, 0.25) is 5.02 Å². The van der Waals surface area contributed by atoms with E-state index in [4.69, 9.17) is 11.6 Å². The predicted molar refractivity (Wildman–Crippen MR) is 103 cm³/mol. The number of hydrogen-bond acceptors (Lipinski definition) is 2. The lowest BCUT2D eigenvalue weighted by atomic mass is 10.1. The van der Waals surface area contributed by atoms with Crippen LogP contribution in [0.4, 0.5) is 13.2 Å². The molecule has 0 amide bonds. The summed E-state index contributed by atoms with van der Waals surface area (Å²) in [5, 5.41) is 1.11. The number of fused-ring (bicyclic) bond motifs is 3. The summed E-state index contributed by atoms with van der Waals surface area (Å²) >= 11 is 5.74. The van der Waals surface area contributed by atoms with E-state index in [0.29, 0.717) is 21.4 Å². The average Bonchev–Trinajstić information content (AvgIpc) is 2.76. The fraction of sp³-hybridized carbons (Fsp3) is 0.0476. The molecule has 28 heavy (non-hydrogen) atoms. The van der Waals surface area contributed by atoms with E-state index in [1.807, 2.05) is 0 Å². The van der Waals surface area contributed by atoms with E-state index >= 15 is 0 Å². The van der Waals surface area contributed by atoms with E-state index in [0.717, 1.165) is 6.07 Å². The lowest BCUT2D eigenvalue weighted by Gasteiger charge is -2.13. The van der Waals surface area contributed by atoms with E-state index in [2.05, 4.69) is 0 Å². The molecule has 4 aromatic rings. The summed E-state index contributed by atoms with van der Waals surface area (Å²) in [6.45, 7) is 0. The lowest BCUT2D eigenvalue weighted by Crippen LogP contribution is -2.30. The van der Waals surface area contributed by atoms with Crippen LogP contribution in [0.3, 0.4) is 0 Å². The summed E-state index contributed by atoms with van der Waals surface area (Å²) in [5.74, 6) is 0. The molecule has 0 N–H and O–H groups in total. The van der Waals surface area contributed by atoms with Gasteiger partial charge in [0, 0.05) is 15.8 Å². The first kappa shape index (κ1) is 18.3. The van der Waals surface area contributed by atoms with Gasteiger partial charge in [0.1, 0.15) is 0 Å². The third kappa shape index (κ3) is 2.86. The summed E-state index contributed by atoms with van der Waals surface area (Å²) in [6.07, 6.45) is -4.80. The Morgan fingerprint density at radius 3 is 1.64 bits per heavy atom. The van der Waals surface area contributed by atoms with E-state index in [-0.39, 0.29) is 15.8 Å². The molecule has 0 saturated carbocycles. The van der Waals surface area contributed by atoms with Crippen LogP contribution in [0.25, 0.3) is 27.2 Å². The van der Waals surface area contributed by atoms with Crippen LogP contribution < -0.4 is 11.1 Å². The Hall–Kier alpha value is -3.12. The molecule has 0 fully saturated rings. The molecule has 3 aromatic carbocycles. The molecule has 0 atom stereocenters. The molecule has 0 saturated heterocycles. The SMILES string of the molecule is O=c1c2ccccc2c2ccccc2c(=O)n1-c1ccc(Cl)cc1C(F)(F)F. The van der Waals surface area contributed by atoms with Crippen LogP contribution in [-0.2, 0) is 6.18 Å². The van der Waals surface area contributed by atoms with Gasteiger partial charge in [-0.25, -0.2) is 4.57 Å². The van der Waals surface area contributed by atoms with Crippen molar-refractivity contribution in [3.8, 4) is 5.69 Å². The van der Waals surface area contributed by atoms with Gasteiger partial charge in [0.15, 0.2) is 0 Å². The van der Waals surface area contributed by atoms with Crippen LogP contribution >= 0.6 is 11.6 Å². The highest BCUT2D eigenvalue weighted by Crippen LogP contribution is 2.35. The average molecular weight is 402 g/mol. The first-order valence-electron chi connectivity index (χ1n) is 8.23. The van der Waals surface area contributed by atoms with Gasteiger partial charge in [0.05, 0.1) is 11.3 Å². The lowest BCUT2D eigenvalue weighted by molar-refractivity contribution is -0.137. The van der Waals surface area contributed by atoms with E-state index in [1.165, 1.54) is 18.2 Å². The second-order valence-electron chi connectivity index (χ2n) is 6.20. The highest BCUT2D eigenvalue weighted by Gasteiger charge is 2.35. The van der Waals surface area contributed by atoms with Crippen molar-refractivity contribution < 1.29 is 13.2 Å². The number of benzene rings is 3. The molecular weight excluding hydrogens is 391 g/mol. The Kier molecular flexibility index (Phi) is 4.23. The maximum Gasteiger partial charge on any atom is 0.418 e. The Bertz CT molecular complexity index is 1290. The molecule has 0 aliphatic carbocycles. The van der Waals surface area contributed by atoms with Crippen molar-refractivity contribution in [2.24, 2.45) is 0 Å². The summed E-state index contributed by atoms with van der Waals surface area (Å²) in [4.78, 5) is 26.4. The molecule has 0 aliphatic heterocycles. The van der Waals surface area contributed by atoms with E-state index in [1.54, 1.807) is 36.4 Å². The van der Waals surface area contributed by atoms with Gasteiger partial charge >= 0.3 is 6.18 Å². The molecule has 0 spiro atoms. The third-order valence-corrected chi connectivity index (χ3v) is 4.75. The van der Waals surface area contributed by atoms with Crippen LogP contribution in [0.15, 0.2) is 76.3 Å². The molecule has 4 rings (SSSR count). The first-order valence-corrected chi connectivity index (χ1v) is 8.61. The summed E-state index contributed by atoms with van der Waals surface area (Å²) < 4.78 is 41.4. The highest BCUT2D eigenvalue weighted by molar-refractivity contribution is 6.30. The topological polar surface area (TPSA) is 39.1 Å². The molecule has 0 radical (unpaired) electrons. The Morgan fingerprint density at radius 2 is 1.18 bits per heavy atom. The van der Waals surface area contributed by atoms with Crippen LogP contribution in [0.5, 0.6) is 0 Å². The van der Waals surface area contributed by atoms with Crippen LogP contribution in [-0.4, -0.2) is 4.57 Å². The molecule has 0 aliphatic rings.